The van der Waals surface area contributed by atoms with Crippen LogP contribution in [0.2, 0.25) is 0 Å². The fourth-order valence-corrected chi connectivity index (χ4v) is 1.73. The molecule has 0 saturated heterocycles. The third kappa shape index (κ3) is 2.49. The Hall–Kier alpha value is -1.94. The Kier molecular flexibility index (Phi) is 3.58. The molecule has 2 N–H and O–H groups in total. The topological polar surface area (TPSA) is 29.3 Å². The second-order valence-corrected chi connectivity index (χ2v) is 4.03. The molecule has 0 spiro atoms. The number of hydrogen-bond acceptors (Lipinski definition) is 2. The number of hydrogen-bond donors (Lipinski definition) is 1. The Labute approximate surface area is 105 Å². The predicted octanol–water partition coefficient (Wildman–Crippen LogP) is 3.19. The highest BCUT2D eigenvalue weighted by molar-refractivity contribution is 5.63. The van der Waals surface area contributed by atoms with E-state index in [-0.39, 0.29) is 0 Å². The van der Waals surface area contributed by atoms with E-state index in [9.17, 15) is 8.78 Å². The number of rotatable bonds is 3. The average Bonchev–Trinajstić information content (AvgIpc) is 2.41. The minimum atomic E-state index is -0.852. The third-order valence-electron chi connectivity index (χ3n) is 2.82. The molecule has 18 heavy (non-hydrogen) atoms. The lowest BCUT2D eigenvalue weighted by atomic mass is 10.2. The van der Waals surface area contributed by atoms with Crippen molar-refractivity contribution in [2.75, 3.05) is 11.9 Å². The molecular formula is C14H14F2N2. The van der Waals surface area contributed by atoms with Crippen LogP contribution in [0, 0.1) is 11.6 Å². The van der Waals surface area contributed by atoms with E-state index in [1.807, 2.05) is 24.3 Å². The minimum Gasteiger partial charge on any atom is -0.345 e. The van der Waals surface area contributed by atoms with E-state index in [2.05, 4.69) is 0 Å². The van der Waals surface area contributed by atoms with Crippen molar-refractivity contribution in [3.05, 3.63) is 59.7 Å². The van der Waals surface area contributed by atoms with Crippen molar-refractivity contribution in [1.82, 2.24) is 0 Å². The standard InChI is InChI=1S/C14H14F2N2/c1-18(11-4-2-3-10(7-11)9-17)12-5-6-13(15)14(16)8-12/h2-8H,9,17H2,1H3. The van der Waals surface area contributed by atoms with E-state index in [4.69, 9.17) is 5.73 Å². The van der Waals surface area contributed by atoms with Gasteiger partial charge in [0.25, 0.3) is 0 Å². The van der Waals surface area contributed by atoms with Crippen molar-refractivity contribution in [2.24, 2.45) is 5.73 Å². The van der Waals surface area contributed by atoms with Crippen LogP contribution in [0.1, 0.15) is 5.56 Å². The first-order chi connectivity index (χ1) is 8.61. The van der Waals surface area contributed by atoms with Crippen LogP contribution in [-0.4, -0.2) is 7.05 Å². The quantitative estimate of drug-likeness (QED) is 0.903. The van der Waals surface area contributed by atoms with Gasteiger partial charge in [-0.2, -0.15) is 0 Å². The van der Waals surface area contributed by atoms with E-state index in [0.717, 1.165) is 17.3 Å². The van der Waals surface area contributed by atoms with Gasteiger partial charge in [-0.05, 0) is 29.8 Å². The Morgan fingerprint density at radius 1 is 1.00 bits per heavy atom. The van der Waals surface area contributed by atoms with Crippen LogP contribution in [-0.2, 0) is 6.54 Å². The van der Waals surface area contributed by atoms with Gasteiger partial charge in [0.15, 0.2) is 11.6 Å². The molecule has 0 aliphatic carbocycles. The van der Waals surface area contributed by atoms with Crippen molar-refractivity contribution < 1.29 is 8.78 Å². The summed E-state index contributed by atoms with van der Waals surface area (Å²) in [5.74, 6) is -1.70. The maximum absolute atomic E-state index is 13.2. The number of nitrogens with zero attached hydrogens (tertiary/aromatic N) is 1. The van der Waals surface area contributed by atoms with Gasteiger partial charge in [0.2, 0.25) is 0 Å². The molecule has 2 aromatic carbocycles. The molecule has 0 aliphatic heterocycles. The molecular weight excluding hydrogens is 234 g/mol. The lowest BCUT2D eigenvalue weighted by Crippen LogP contribution is -2.10. The molecule has 0 radical (unpaired) electrons. The fraction of sp³-hybridized carbons (Fsp3) is 0.143. The van der Waals surface area contributed by atoms with E-state index >= 15 is 0 Å². The zero-order valence-electron chi connectivity index (χ0n) is 10.0. The summed E-state index contributed by atoms with van der Waals surface area (Å²) in [4.78, 5) is 1.78. The zero-order valence-corrected chi connectivity index (χ0v) is 10.0. The molecule has 0 aromatic heterocycles. The van der Waals surface area contributed by atoms with E-state index in [1.165, 1.54) is 12.1 Å². The molecule has 0 bridgehead atoms. The summed E-state index contributed by atoms with van der Waals surface area (Å²) >= 11 is 0. The van der Waals surface area contributed by atoms with Crippen LogP contribution in [0.5, 0.6) is 0 Å². The summed E-state index contributed by atoms with van der Waals surface area (Å²) < 4.78 is 26.1. The molecule has 4 heteroatoms. The maximum Gasteiger partial charge on any atom is 0.160 e. The van der Waals surface area contributed by atoms with Crippen LogP contribution in [0.15, 0.2) is 42.5 Å². The van der Waals surface area contributed by atoms with Gasteiger partial charge in [0, 0.05) is 31.0 Å². The second-order valence-electron chi connectivity index (χ2n) is 4.03. The summed E-state index contributed by atoms with van der Waals surface area (Å²) in [6.07, 6.45) is 0. The van der Waals surface area contributed by atoms with Gasteiger partial charge >= 0.3 is 0 Å². The molecule has 0 unspecified atom stereocenters. The van der Waals surface area contributed by atoms with Crippen molar-refractivity contribution in [1.29, 1.82) is 0 Å². The summed E-state index contributed by atoms with van der Waals surface area (Å²) in [6, 6.07) is 11.4. The molecule has 0 fully saturated rings. The SMILES string of the molecule is CN(c1cccc(CN)c1)c1ccc(F)c(F)c1. The number of anilines is 2. The first-order valence-electron chi connectivity index (χ1n) is 5.59. The van der Waals surface area contributed by atoms with Gasteiger partial charge in [-0.15, -0.1) is 0 Å². The van der Waals surface area contributed by atoms with Crippen molar-refractivity contribution >= 4 is 11.4 Å². The van der Waals surface area contributed by atoms with Gasteiger partial charge < -0.3 is 10.6 Å². The normalized spacial score (nSPS) is 10.4. The lowest BCUT2D eigenvalue weighted by molar-refractivity contribution is 0.509. The van der Waals surface area contributed by atoms with Crippen molar-refractivity contribution in [2.45, 2.75) is 6.54 Å². The molecule has 2 nitrogen and oxygen atoms in total. The summed E-state index contributed by atoms with van der Waals surface area (Å²) in [6.45, 7) is 0.444. The Morgan fingerprint density at radius 2 is 1.72 bits per heavy atom. The fourth-order valence-electron chi connectivity index (χ4n) is 1.73. The van der Waals surface area contributed by atoms with E-state index in [0.29, 0.717) is 12.2 Å². The van der Waals surface area contributed by atoms with Gasteiger partial charge in [0.05, 0.1) is 0 Å². The first kappa shape index (κ1) is 12.5. The van der Waals surface area contributed by atoms with Crippen LogP contribution < -0.4 is 10.6 Å². The van der Waals surface area contributed by atoms with E-state index in [1.54, 1.807) is 11.9 Å². The average molecular weight is 248 g/mol. The van der Waals surface area contributed by atoms with E-state index < -0.39 is 11.6 Å². The Morgan fingerprint density at radius 3 is 2.39 bits per heavy atom. The molecule has 0 heterocycles. The largest absolute Gasteiger partial charge is 0.345 e. The monoisotopic (exact) mass is 248 g/mol. The molecule has 0 atom stereocenters. The van der Waals surface area contributed by atoms with Crippen molar-refractivity contribution in [3.8, 4) is 0 Å². The molecule has 0 aliphatic rings. The zero-order chi connectivity index (χ0) is 13.1. The molecule has 0 saturated carbocycles. The summed E-state index contributed by atoms with van der Waals surface area (Å²) in [5.41, 5.74) is 8.03. The summed E-state index contributed by atoms with van der Waals surface area (Å²) in [7, 11) is 1.79. The molecule has 2 rings (SSSR count). The highest BCUT2D eigenvalue weighted by Gasteiger charge is 2.08. The molecule has 2 aromatic rings. The van der Waals surface area contributed by atoms with Crippen LogP contribution in [0.4, 0.5) is 20.2 Å². The smallest absolute Gasteiger partial charge is 0.160 e. The van der Waals surface area contributed by atoms with Gasteiger partial charge in [-0.25, -0.2) is 8.78 Å². The minimum absolute atomic E-state index is 0.444. The van der Waals surface area contributed by atoms with Crippen LogP contribution >= 0.6 is 0 Å². The number of benzene rings is 2. The van der Waals surface area contributed by atoms with Gasteiger partial charge in [0.1, 0.15) is 0 Å². The highest BCUT2D eigenvalue weighted by Crippen LogP contribution is 2.25. The molecule has 0 amide bonds. The van der Waals surface area contributed by atoms with Gasteiger partial charge in [-0.1, -0.05) is 12.1 Å². The van der Waals surface area contributed by atoms with Crippen LogP contribution in [0.25, 0.3) is 0 Å². The maximum atomic E-state index is 13.2. The lowest BCUT2D eigenvalue weighted by Gasteiger charge is -2.20. The Bertz CT molecular complexity index is 555. The number of nitrogens with two attached hydrogens (primary N) is 1. The molecule has 94 valence electrons. The van der Waals surface area contributed by atoms with Crippen LogP contribution in [0.3, 0.4) is 0 Å². The highest BCUT2D eigenvalue weighted by atomic mass is 19.2. The predicted molar refractivity (Wildman–Crippen MR) is 68.8 cm³/mol. The third-order valence-corrected chi connectivity index (χ3v) is 2.82. The van der Waals surface area contributed by atoms with Gasteiger partial charge in [-0.3, -0.25) is 0 Å². The Balaban J connectivity index is 2.34. The van der Waals surface area contributed by atoms with Crippen molar-refractivity contribution in [3.63, 3.8) is 0 Å². The second kappa shape index (κ2) is 5.14. The number of halogens is 2. The first-order valence-corrected chi connectivity index (χ1v) is 5.59. The summed E-state index contributed by atoms with van der Waals surface area (Å²) in [5, 5.41) is 0.